The van der Waals surface area contributed by atoms with Gasteiger partial charge in [0.05, 0.1) is 13.2 Å². The van der Waals surface area contributed by atoms with E-state index in [1.54, 1.807) is 6.07 Å². The normalized spacial score (nSPS) is 36.0. The standard InChI is InChI=1S/C19H27NO5S/c1-19-8-7-12-13(15(19)5-6-18(19)21)4-3-11-9-17(25-26(20,22)23)16(24-2)10-14(11)12/h9-10,12-13,15,18,21H,3-8H2,1-2H3,(H2,20,22,23)/t12?,13?,15?,18-,19+/m1/s1. The Morgan fingerprint density at radius 1 is 1.19 bits per heavy atom. The van der Waals surface area contributed by atoms with Crippen LogP contribution in [0.3, 0.4) is 0 Å². The zero-order valence-electron chi connectivity index (χ0n) is 15.3. The van der Waals surface area contributed by atoms with Crippen LogP contribution in [-0.4, -0.2) is 26.7 Å². The van der Waals surface area contributed by atoms with Gasteiger partial charge >= 0.3 is 10.3 Å². The van der Waals surface area contributed by atoms with Crippen LogP contribution >= 0.6 is 0 Å². The molecule has 3 aliphatic rings. The van der Waals surface area contributed by atoms with Crippen molar-refractivity contribution in [2.24, 2.45) is 22.4 Å². The molecule has 3 N–H and O–H groups in total. The Morgan fingerprint density at radius 2 is 1.96 bits per heavy atom. The Morgan fingerprint density at radius 3 is 2.65 bits per heavy atom. The van der Waals surface area contributed by atoms with Crippen LogP contribution in [0, 0.1) is 17.3 Å². The molecule has 3 unspecified atom stereocenters. The molecule has 0 radical (unpaired) electrons. The first-order chi connectivity index (χ1) is 12.2. The molecule has 26 heavy (non-hydrogen) atoms. The minimum atomic E-state index is -4.09. The van der Waals surface area contributed by atoms with Crippen molar-refractivity contribution in [1.29, 1.82) is 0 Å². The molecule has 2 saturated carbocycles. The van der Waals surface area contributed by atoms with E-state index in [2.05, 4.69) is 6.92 Å². The van der Waals surface area contributed by atoms with Gasteiger partial charge < -0.3 is 14.0 Å². The Balaban J connectivity index is 1.70. The van der Waals surface area contributed by atoms with Gasteiger partial charge in [-0.25, -0.2) is 0 Å². The van der Waals surface area contributed by atoms with E-state index < -0.39 is 10.3 Å². The van der Waals surface area contributed by atoms with Gasteiger partial charge in [-0.15, -0.1) is 0 Å². The first-order valence-electron chi connectivity index (χ1n) is 9.34. The second-order valence-electron chi connectivity index (χ2n) is 8.33. The summed E-state index contributed by atoms with van der Waals surface area (Å²) in [5, 5.41) is 15.5. The second kappa shape index (κ2) is 6.11. The fraction of sp³-hybridized carbons (Fsp3) is 0.684. The topological polar surface area (TPSA) is 98.9 Å². The second-order valence-corrected chi connectivity index (χ2v) is 9.48. The van der Waals surface area contributed by atoms with Crippen molar-refractivity contribution in [1.82, 2.24) is 0 Å². The van der Waals surface area contributed by atoms with E-state index in [4.69, 9.17) is 14.1 Å². The fourth-order valence-corrected chi connectivity index (χ4v) is 6.28. The lowest BCUT2D eigenvalue weighted by Gasteiger charge is -2.50. The summed E-state index contributed by atoms with van der Waals surface area (Å²) in [5.41, 5.74) is 2.40. The maximum atomic E-state index is 11.3. The Kier molecular flexibility index (Phi) is 4.24. The van der Waals surface area contributed by atoms with Crippen molar-refractivity contribution in [3.8, 4) is 11.5 Å². The van der Waals surface area contributed by atoms with Crippen LogP contribution in [-0.2, 0) is 16.7 Å². The van der Waals surface area contributed by atoms with Gasteiger partial charge in [-0.1, -0.05) is 6.92 Å². The van der Waals surface area contributed by atoms with Gasteiger partial charge in [0.2, 0.25) is 0 Å². The molecule has 6 nitrogen and oxygen atoms in total. The third kappa shape index (κ3) is 2.80. The van der Waals surface area contributed by atoms with Gasteiger partial charge in [0.25, 0.3) is 0 Å². The predicted octanol–water partition coefficient (Wildman–Crippen LogP) is 2.49. The molecule has 1 aromatic carbocycles. The monoisotopic (exact) mass is 381 g/mol. The lowest BCUT2D eigenvalue weighted by Crippen LogP contribution is -2.43. The summed E-state index contributed by atoms with van der Waals surface area (Å²) in [4.78, 5) is 0. The third-order valence-corrected chi connectivity index (χ3v) is 7.58. The lowest BCUT2D eigenvalue weighted by atomic mass is 9.55. The molecular weight excluding hydrogens is 354 g/mol. The minimum Gasteiger partial charge on any atom is -0.493 e. The highest BCUT2D eigenvalue weighted by atomic mass is 32.2. The van der Waals surface area contributed by atoms with Crippen LogP contribution in [0.25, 0.3) is 0 Å². The number of fused-ring (bicyclic) bond motifs is 5. The number of nitrogens with two attached hydrogens (primary N) is 1. The van der Waals surface area contributed by atoms with E-state index in [9.17, 15) is 13.5 Å². The first-order valence-corrected chi connectivity index (χ1v) is 10.8. The average molecular weight is 381 g/mol. The maximum Gasteiger partial charge on any atom is 0.380 e. The van der Waals surface area contributed by atoms with Crippen molar-refractivity contribution < 1.29 is 22.4 Å². The van der Waals surface area contributed by atoms with Crippen molar-refractivity contribution >= 4 is 10.3 Å². The molecular formula is C19H27NO5S. The smallest absolute Gasteiger partial charge is 0.380 e. The van der Waals surface area contributed by atoms with Crippen LogP contribution in [0.2, 0.25) is 0 Å². The molecule has 0 saturated heterocycles. The third-order valence-electron chi connectivity index (χ3n) is 7.16. The highest BCUT2D eigenvalue weighted by Crippen LogP contribution is 2.61. The van der Waals surface area contributed by atoms with Crippen LogP contribution in [0.4, 0.5) is 0 Å². The summed E-state index contributed by atoms with van der Waals surface area (Å²) < 4.78 is 33.0. The summed E-state index contributed by atoms with van der Waals surface area (Å²) in [7, 11) is -2.59. The Labute approximate surface area is 154 Å². The maximum absolute atomic E-state index is 11.3. The van der Waals surface area contributed by atoms with Gasteiger partial charge in [-0.3, -0.25) is 0 Å². The molecule has 0 spiro atoms. The summed E-state index contributed by atoms with van der Waals surface area (Å²) >= 11 is 0. The van der Waals surface area contributed by atoms with Gasteiger partial charge in [0.15, 0.2) is 11.5 Å². The Hall–Kier alpha value is -1.31. The Bertz CT molecular complexity index is 823. The SMILES string of the molecule is COc1cc2c(cc1OS(N)(=O)=O)CCC1C2CC[C@@]2(C)C1CC[C@H]2O. The highest BCUT2D eigenvalue weighted by molar-refractivity contribution is 7.84. The quantitative estimate of drug-likeness (QED) is 0.838. The van der Waals surface area contributed by atoms with Crippen molar-refractivity contribution in [3.63, 3.8) is 0 Å². The molecule has 144 valence electrons. The summed E-state index contributed by atoms with van der Waals surface area (Å²) in [6.07, 6.45) is 5.82. The lowest BCUT2D eigenvalue weighted by molar-refractivity contribution is -0.0226. The summed E-state index contributed by atoms with van der Waals surface area (Å²) in [6.45, 7) is 2.25. The first kappa shape index (κ1) is 18.1. The summed E-state index contributed by atoms with van der Waals surface area (Å²) in [6, 6.07) is 3.70. The summed E-state index contributed by atoms with van der Waals surface area (Å²) in [5.74, 6) is 2.10. The van der Waals surface area contributed by atoms with Gasteiger partial charge in [0, 0.05) is 0 Å². The van der Waals surface area contributed by atoms with Gasteiger partial charge in [0.1, 0.15) is 0 Å². The number of ether oxygens (including phenoxy) is 1. The number of hydrogen-bond acceptors (Lipinski definition) is 5. The van der Waals surface area contributed by atoms with E-state index in [1.807, 2.05) is 6.07 Å². The number of hydrogen-bond donors (Lipinski definition) is 2. The van der Waals surface area contributed by atoms with E-state index in [0.29, 0.717) is 23.5 Å². The zero-order valence-corrected chi connectivity index (χ0v) is 16.1. The van der Waals surface area contributed by atoms with Crippen molar-refractivity contribution in [2.45, 2.75) is 57.5 Å². The van der Waals surface area contributed by atoms with Crippen molar-refractivity contribution in [2.75, 3.05) is 7.11 Å². The van der Waals surface area contributed by atoms with Crippen LogP contribution in [0.15, 0.2) is 12.1 Å². The largest absolute Gasteiger partial charge is 0.493 e. The van der Waals surface area contributed by atoms with Gasteiger partial charge in [-0.2, -0.15) is 13.6 Å². The van der Waals surface area contributed by atoms with E-state index in [1.165, 1.54) is 12.7 Å². The zero-order chi connectivity index (χ0) is 18.7. The van der Waals surface area contributed by atoms with E-state index >= 15 is 0 Å². The van der Waals surface area contributed by atoms with E-state index in [0.717, 1.165) is 44.1 Å². The highest BCUT2D eigenvalue weighted by Gasteiger charge is 2.54. The minimum absolute atomic E-state index is 0.0411. The molecule has 2 fully saturated rings. The number of methoxy groups -OCH3 is 1. The molecule has 5 atom stereocenters. The number of rotatable bonds is 3. The number of benzene rings is 1. The molecule has 3 aliphatic carbocycles. The van der Waals surface area contributed by atoms with E-state index in [-0.39, 0.29) is 17.3 Å². The molecule has 4 rings (SSSR count). The van der Waals surface area contributed by atoms with Crippen LogP contribution in [0.5, 0.6) is 11.5 Å². The number of aliphatic hydroxyl groups is 1. The fourth-order valence-electron chi connectivity index (χ4n) is 5.90. The predicted molar refractivity (Wildman–Crippen MR) is 97.4 cm³/mol. The van der Waals surface area contributed by atoms with Gasteiger partial charge in [-0.05, 0) is 85.0 Å². The van der Waals surface area contributed by atoms with Crippen LogP contribution in [0.1, 0.15) is 56.1 Å². The molecule has 0 aromatic heterocycles. The molecule has 7 heteroatoms. The number of aryl methyl sites for hydroxylation is 1. The van der Waals surface area contributed by atoms with Crippen LogP contribution < -0.4 is 14.1 Å². The molecule has 1 aromatic rings. The average Bonchev–Trinajstić information content (AvgIpc) is 2.88. The van der Waals surface area contributed by atoms with Crippen molar-refractivity contribution in [3.05, 3.63) is 23.3 Å². The molecule has 0 bridgehead atoms. The molecule has 0 amide bonds. The molecule has 0 heterocycles. The molecule has 0 aliphatic heterocycles. The number of aliphatic hydroxyl groups excluding tert-OH is 1.